The first kappa shape index (κ1) is 18.8. The van der Waals surface area contributed by atoms with Crippen molar-refractivity contribution in [3.05, 3.63) is 59.9 Å². The fourth-order valence-electron chi connectivity index (χ4n) is 2.46. The van der Waals surface area contributed by atoms with E-state index in [1.54, 1.807) is 0 Å². The van der Waals surface area contributed by atoms with E-state index >= 15 is 0 Å². The van der Waals surface area contributed by atoms with E-state index in [-0.39, 0.29) is 17.6 Å². The molecule has 0 spiro atoms. The summed E-state index contributed by atoms with van der Waals surface area (Å²) in [6.07, 6.45) is -2.54. The van der Waals surface area contributed by atoms with E-state index < -0.39 is 17.5 Å². The molecule has 142 valence electrons. The molecule has 1 aliphatic heterocycles. The SMILES string of the molecule is CC(C)C1(N)N=C(Nc2ccncc2C(F)(F)F)N=C(c2ccccc2)N1. The molecule has 4 N–H and O–H groups in total. The number of hydrogen-bond acceptors (Lipinski definition) is 6. The maximum absolute atomic E-state index is 13.2. The summed E-state index contributed by atoms with van der Waals surface area (Å²) < 4.78 is 39.7. The Hall–Kier alpha value is -2.94. The number of aliphatic imine (C=N–C) groups is 2. The molecule has 1 aliphatic rings. The largest absolute Gasteiger partial charge is 0.419 e. The maximum Gasteiger partial charge on any atom is 0.419 e. The Bertz CT molecular complexity index is 876. The Morgan fingerprint density at radius 2 is 1.85 bits per heavy atom. The number of guanidine groups is 1. The van der Waals surface area contributed by atoms with Crippen molar-refractivity contribution in [2.45, 2.75) is 25.8 Å². The van der Waals surface area contributed by atoms with Gasteiger partial charge >= 0.3 is 6.18 Å². The van der Waals surface area contributed by atoms with Crippen LogP contribution in [0.5, 0.6) is 0 Å². The van der Waals surface area contributed by atoms with Crippen molar-refractivity contribution >= 4 is 17.5 Å². The number of aromatic nitrogens is 1. The summed E-state index contributed by atoms with van der Waals surface area (Å²) in [6, 6.07) is 10.4. The van der Waals surface area contributed by atoms with E-state index in [1.165, 1.54) is 12.3 Å². The molecular weight excluding hydrogens is 357 g/mol. The highest BCUT2D eigenvalue weighted by Gasteiger charge is 2.36. The molecule has 0 amide bonds. The summed E-state index contributed by atoms with van der Waals surface area (Å²) in [7, 11) is 0. The zero-order valence-electron chi connectivity index (χ0n) is 14.7. The average Bonchev–Trinajstić information content (AvgIpc) is 2.61. The van der Waals surface area contributed by atoms with Crippen LogP contribution in [0.3, 0.4) is 0 Å². The lowest BCUT2D eigenvalue weighted by atomic mass is 10.0. The van der Waals surface area contributed by atoms with E-state index in [9.17, 15) is 13.2 Å². The first-order chi connectivity index (χ1) is 12.7. The number of halogens is 3. The molecule has 9 heteroatoms. The average molecular weight is 376 g/mol. The highest BCUT2D eigenvalue weighted by Crippen LogP contribution is 2.34. The Balaban J connectivity index is 2.02. The van der Waals surface area contributed by atoms with Crippen LogP contribution in [0.1, 0.15) is 25.0 Å². The Morgan fingerprint density at radius 1 is 1.15 bits per heavy atom. The summed E-state index contributed by atoms with van der Waals surface area (Å²) in [5.74, 6) is -0.962. The van der Waals surface area contributed by atoms with E-state index in [2.05, 4.69) is 25.6 Å². The van der Waals surface area contributed by atoms with Crippen LogP contribution in [0.25, 0.3) is 0 Å². The van der Waals surface area contributed by atoms with Crippen LogP contribution < -0.4 is 16.4 Å². The van der Waals surface area contributed by atoms with Gasteiger partial charge < -0.3 is 10.6 Å². The van der Waals surface area contributed by atoms with Gasteiger partial charge in [-0.3, -0.25) is 10.7 Å². The third-order valence-corrected chi connectivity index (χ3v) is 4.13. The van der Waals surface area contributed by atoms with Gasteiger partial charge in [-0.15, -0.1) is 0 Å². The van der Waals surface area contributed by atoms with E-state index in [4.69, 9.17) is 5.73 Å². The van der Waals surface area contributed by atoms with Crippen LogP contribution in [0.15, 0.2) is 58.8 Å². The third-order valence-electron chi connectivity index (χ3n) is 4.13. The fraction of sp³-hybridized carbons (Fsp3) is 0.278. The smallest absolute Gasteiger partial charge is 0.333 e. The number of hydrogen-bond donors (Lipinski definition) is 3. The number of nitrogens with zero attached hydrogens (tertiary/aromatic N) is 3. The predicted octanol–water partition coefficient (Wildman–Crippen LogP) is 3.19. The molecule has 27 heavy (non-hydrogen) atoms. The number of anilines is 1. The highest BCUT2D eigenvalue weighted by molar-refractivity contribution is 6.11. The number of benzene rings is 1. The van der Waals surface area contributed by atoms with Gasteiger partial charge in [-0.25, -0.2) is 4.99 Å². The number of nitrogens with two attached hydrogens (primary N) is 1. The molecule has 1 atom stereocenters. The standard InChI is InChI=1S/C18H19F3N6/c1-11(2)18(22)26-15(12-6-4-3-5-7-12)25-16(27-18)24-14-8-9-23-10-13(14)17(19,20)21/h3-11H,22H2,1-2H3,(H2,23,24,25,26,27). The third kappa shape index (κ3) is 4.08. The summed E-state index contributed by atoms with van der Waals surface area (Å²) in [6.45, 7) is 3.71. The van der Waals surface area contributed by atoms with Crippen molar-refractivity contribution in [1.29, 1.82) is 0 Å². The minimum absolute atomic E-state index is 0.0134. The number of pyridine rings is 1. The van der Waals surface area contributed by atoms with Crippen LogP contribution in [0.2, 0.25) is 0 Å². The van der Waals surface area contributed by atoms with Crippen LogP contribution in [0, 0.1) is 5.92 Å². The van der Waals surface area contributed by atoms with Gasteiger partial charge in [0, 0.05) is 23.9 Å². The summed E-state index contributed by atoms with van der Waals surface area (Å²) in [5, 5.41) is 5.72. The first-order valence-electron chi connectivity index (χ1n) is 8.28. The van der Waals surface area contributed by atoms with Gasteiger partial charge in [0.15, 0.2) is 5.79 Å². The van der Waals surface area contributed by atoms with E-state index in [0.29, 0.717) is 5.84 Å². The molecule has 1 aromatic heterocycles. The predicted molar refractivity (Wildman–Crippen MR) is 98.2 cm³/mol. The molecule has 0 radical (unpaired) electrons. The molecule has 3 rings (SSSR count). The van der Waals surface area contributed by atoms with E-state index in [0.717, 1.165) is 11.8 Å². The highest BCUT2D eigenvalue weighted by atomic mass is 19.4. The molecule has 2 heterocycles. The van der Waals surface area contributed by atoms with Gasteiger partial charge in [-0.1, -0.05) is 44.2 Å². The molecule has 1 unspecified atom stereocenters. The molecular formula is C18H19F3N6. The first-order valence-corrected chi connectivity index (χ1v) is 8.28. The zero-order chi connectivity index (χ0) is 19.7. The normalized spacial score (nSPS) is 20.0. The van der Waals surface area contributed by atoms with Crippen LogP contribution in [0.4, 0.5) is 18.9 Å². The van der Waals surface area contributed by atoms with Crippen molar-refractivity contribution < 1.29 is 13.2 Å². The lowest BCUT2D eigenvalue weighted by Gasteiger charge is -2.35. The van der Waals surface area contributed by atoms with Gasteiger partial charge in [0.25, 0.3) is 0 Å². The van der Waals surface area contributed by atoms with Crippen molar-refractivity contribution in [2.75, 3.05) is 5.32 Å². The number of rotatable bonds is 3. The number of amidine groups is 1. The maximum atomic E-state index is 13.2. The van der Waals surface area contributed by atoms with Crippen LogP contribution in [-0.2, 0) is 6.18 Å². The van der Waals surface area contributed by atoms with Crippen LogP contribution in [-0.4, -0.2) is 22.6 Å². The van der Waals surface area contributed by atoms with Gasteiger partial charge in [0.2, 0.25) is 5.96 Å². The van der Waals surface area contributed by atoms with Gasteiger partial charge in [-0.05, 0) is 6.07 Å². The van der Waals surface area contributed by atoms with Crippen molar-refractivity contribution in [1.82, 2.24) is 10.3 Å². The second-order valence-corrected chi connectivity index (χ2v) is 6.41. The Morgan fingerprint density at radius 3 is 2.48 bits per heavy atom. The zero-order valence-corrected chi connectivity index (χ0v) is 14.7. The molecule has 0 bridgehead atoms. The molecule has 0 aliphatic carbocycles. The molecule has 0 saturated carbocycles. The Kier molecular flexibility index (Phi) is 4.88. The van der Waals surface area contributed by atoms with Crippen molar-refractivity contribution in [3.63, 3.8) is 0 Å². The molecule has 2 aromatic rings. The Labute approximate surface area is 154 Å². The summed E-state index contributed by atoms with van der Waals surface area (Å²) in [5.41, 5.74) is 5.99. The van der Waals surface area contributed by atoms with Crippen LogP contribution >= 0.6 is 0 Å². The fourth-order valence-corrected chi connectivity index (χ4v) is 2.46. The minimum Gasteiger partial charge on any atom is -0.333 e. The van der Waals surface area contributed by atoms with Crippen molar-refractivity contribution in [2.24, 2.45) is 21.6 Å². The quantitative estimate of drug-likeness (QED) is 0.768. The van der Waals surface area contributed by atoms with E-state index in [1.807, 2.05) is 44.2 Å². The molecule has 1 aromatic carbocycles. The van der Waals surface area contributed by atoms with Gasteiger partial charge in [0.05, 0.1) is 11.3 Å². The second kappa shape index (κ2) is 6.99. The molecule has 0 fully saturated rings. The summed E-state index contributed by atoms with van der Waals surface area (Å²) in [4.78, 5) is 12.2. The molecule has 6 nitrogen and oxygen atoms in total. The van der Waals surface area contributed by atoms with Crippen molar-refractivity contribution in [3.8, 4) is 0 Å². The topological polar surface area (TPSA) is 87.7 Å². The minimum atomic E-state index is -4.56. The van der Waals surface area contributed by atoms with Gasteiger partial charge in [-0.2, -0.15) is 18.2 Å². The number of nitrogens with one attached hydrogen (secondary N) is 2. The molecule has 0 saturated heterocycles. The number of alkyl halides is 3. The van der Waals surface area contributed by atoms with Gasteiger partial charge in [0.1, 0.15) is 5.84 Å². The lowest BCUT2D eigenvalue weighted by molar-refractivity contribution is -0.137. The second-order valence-electron chi connectivity index (χ2n) is 6.41. The summed E-state index contributed by atoms with van der Waals surface area (Å²) >= 11 is 0. The monoisotopic (exact) mass is 376 g/mol. The lowest BCUT2D eigenvalue weighted by Crippen LogP contribution is -2.61.